The van der Waals surface area contributed by atoms with E-state index in [2.05, 4.69) is 10.3 Å². The van der Waals surface area contributed by atoms with Gasteiger partial charge in [0, 0.05) is 25.5 Å². The van der Waals surface area contributed by atoms with E-state index in [0.29, 0.717) is 18.1 Å². The number of carbonyl (C=O) groups excluding carboxylic acids is 1. The third kappa shape index (κ3) is 3.38. The van der Waals surface area contributed by atoms with Gasteiger partial charge in [-0.25, -0.2) is 0 Å². The second-order valence-corrected chi connectivity index (χ2v) is 3.70. The molecule has 0 fully saturated rings. The number of carbonyl (C=O) groups is 1. The summed E-state index contributed by atoms with van der Waals surface area (Å²) >= 11 is 6.02. The minimum absolute atomic E-state index is 0.00257. The number of nitrogens with one attached hydrogen (secondary N) is 1. The van der Waals surface area contributed by atoms with Gasteiger partial charge >= 0.3 is 0 Å². The first kappa shape index (κ1) is 12.8. The summed E-state index contributed by atoms with van der Waals surface area (Å²) in [6, 6.07) is 1.81. The van der Waals surface area contributed by atoms with Gasteiger partial charge in [0.2, 0.25) is 5.91 Å². The molecule has 0 spiro atoms. The Morgan fingerprint density at radius 1 is 1.56 bits per heavy atom. The first-order valence-corrected chi connectivity index (χ1v) is 5.68. The van der Waals surface area contributed by atoms with Gasteiger partial charge in [0.25, 0.3) is 0 Å². The number of aromatic nitrogens is 1. The minimum Gasteiger partial charge on any atom is -0.361 e. The number of hydrogen-bond acceptors (Lipinski definition) is 3. The predicted molar refractivity (Wildman–Crippen MR) is 65.8 cm³/mol. The van der Waals surface area contributed by atoms with Crippen molar-refractivity contribution < 1.29 is 4.79 Å². The van der Waals surface area contributed by atoms with E-state index in [9.17, 15) is 4.79 Å². The van der Waals surface area contributed by atoms with Crippen LogP contribution in [0, 0.1) is 0 Å². The van der Waals surface area contributed by atoms with Crippen molar-refractivity contribution in [2.24, 2.45) is 0 Å². The highest BCUT2D eigenvalue weighted by atomic mass is 35.5. The highest BCUT2D eigenvalue weighted by Gasteiger charge is 2.11. The summed E-state index contributed by atoms with van der Waals surface area (Å²) in [6.07, 6.45) is 3.25. The summed E-state index contributed by atoms with van der Waals surface area (Å²) in [5.74, 6) is -0.00257. The lowest BCUT2D eigenvalue weighted by Crippen LogP contribution is -2.37. The maximum absolute atomic E-state index is 11.5. The van der Waals surface area contributed by atoms with Gasteiger partial charge in [0.15, 0.2) is 0 Å². The highest BCUT2D eigenvalue weighted by molar-refractivity contribution is 6.33. The maximum atomic E-state index is 11.5. The molecule has 5 heteroatoms. The van der Waals surface area contributed by atoms with Crippen molar-refractivity contribution in [3.8, 4) is 0 Å². The van der Waals surface area contributed by atoms with Gasteiger partial charge in [-0.15, -0.1) is 0 Å². The second kappa shape index (κ2) is 6.33. The molecule has 88 valence electrons. The van der Waals surface area contributed by atoms with Gasteiger partial charge in [-0.1, -0.05) is 11.6 Å². The van der Waals surface area contributed by atoms with Crippen LogP contribution in [0.3, 0.4) is 0 Å². The molecule has 1 aromatic heterocycles. The molecule has 1 aromatic rings. The number of nitrogens with zero attached hydrogens (tertiary/aromatic N) is 2. The van der Waals surface area contributed by atoms with E-state index >= 15 is 0 Å². The van der Waals surface area contributed by atoms with E-state index in [-0.39, 0.29) is 5.91 Å². The molecular formula is C11H16ClN3O. The Hall–Kier alpha value is -1.29. The summed E-state index contributed by atoms with van der Waals surface area (Å²) in [6.45, 7) is 5.55. The number of anilines is 1. The molecule has 0 aromatic carbocycles. The van der Waals surface area contributed by atoms with Crippen LogP contribution in [0.15, 0.2) is 18.5 Å². The number of rotatable bonds is 5. The van der Waals surface area contributed by atoms with Crippen LogP contribution in [0.25, 0.3) is 0 Å². The summed E-state index contributed by atoms with van der Waals surface area (Å²) in [5.41, 5.74) is 0.838. The van der Waals surface area contributed by atoms with Crippen molar-refractivity contribution in [3.05, 3.63) is 23.5 Å². The van der Waals surface area contributed by atoms with E-state index in [1.807, 2.05) is 24.8 Å². The number of likely N-dealkylation sites (N-methyl/N-ethyl adjacent to an activating group) is 2. The largest absolute Gasteiger partial charge is 0.361 e. The Labute approximate surface area is 101 Å². The van der Waals surface area contributed by atoms with Gasteiger partial charge in [-0.2, -0.15) is 0 Å². The van der Waals surface area contributed by atoms with Crippen LogP contribution in [0.4, 0.5) is 5.69 Å². The maximum Gasteiger partial charge on any atom is 0.239 e. The molecule has 16 heavy (non-hydrogen) atoms. The van der Waals surface area contributed by atoms with Crippen molar-refractivity contribution >= 4 is 23.2 Å². The van der Waals surface area contributed by atoms with Gasteiger partial charge in [-0.3, -0.25) is 9.78 Å². The lowest BCUT2D eigenvalue weighted by Gasteiger charge is -2.23. The van der Waals surface area contributed by atoms with Crippen LogP contribution >= 0.6 is 11.6 Å². The molecule has 0 aliphatic heterocycles. The Kier molecular flexibility index (Phi) is 5.05. The Balaban J connectivity index is 2.75. The van der Waals surface area contributed by atoms with Gasteiger partial charge in [0.1, 0.15) is 0 Å². The van der Waals surface area contributed by atoms with Crippen molar-refractivity contribution in [3.63, 3.8) is 0 Å². The summed E-state index contributed by atoms with van der Waals surface area (Å²) < 4.78 is 0. The smallest absolute Gasteiger partial charge is 0.239 e. The van der Waals surface area contributed by atoms with Crippen LogP contribution in [0.2, 0.25) is 5.02 Å². The van der Waals surface area contributed by atoms with Crippen LogP contribution in [-0.4, -0.2) is 30.5 Å². The lowest BCUT2D eigenvalue weighted by molar-refractivity contribution is -0.119. The molecular weight excluding hydrogens is 226 g/mol. The Morgan fingerprint density at radius 3 is 2.88 bits per heavy atom. The van der Waals surface area contributed by atoms with Crippen LogP contribution < -0.4 is 10.2 Å². The molecule has 0 saturated heterocycles. The Morgan fingerprint density at radius 2 is 2.31 bits per heavy atom. The predicted octanol–water partition coefficient (Wildman–Crippen LogP) is 1.70. The first-order valence-electron chi connectivity index (χ1n) is 5.30. The summed E-state index contributed by atoms with van der Waals surface area (Å²) in [4.78, 5) is 17.3. The topological polar surface area (TPSA) is 45.2 Å². The number of amides is 1. The normalized spacial score (nSPS) is 9.94. The van der Waals surface area contributed by atoms with Gasteiger partial charge in [0.05, 0.1) is 17.3 Å². The fourth-order valence-corrected chi connectivity index (χ4v) is 1.66. The molecule has 1 rings (SSSR count). The average Bonchev–Trinajstić information content (AvgIpc) is 2.27. The van der Waals surface area contributed by atoms with E-state index in [4.69, 9.17) is 11.6 Å². The number of pyridine rings is 1. The zero-order valence-electron chi connectivity index (χ0n) is 9.53. The van der Waals surface area contributed by atoms with Gasteiger partial charge < -0.3 is 10.2 Å². The standard InChI is InChI=1S/C11H16ClN3O/c1-3-14-11(16)8-15(4-2)10-5-6-13-7-9(10)12/h5-7H,3-4,8H2,1-2H3,(H,14,16). The summed E-state index contributed by atoms with van der Waals surface area (Å²) in [5, 5.41) is 3.32. The SMILES string of the molecule is CCNC(=O)CN(CC)c1ccncc1Cl. The molecule has 4 nitrogen and oxygen atoms in total. The van der Waals surface area contributed by atoms with Crippen molar-refractivity contribution in [1.29, 1.82) is 0 Å². The molecule has 1 N–H and O–H groups in total. The third-order valence-corrected chi connectivity index (χ3v) is 2.47. The fraction of sp³-hybridized carbons (Fsp3) is 0.455. The van der Waals surface area contributed by atoms with Crippen LogP contribution in [-0.2, 0) is 4.79 Å². The molecule has 0 aliphatic carbocycles. The molecule has 0 aliphatic rings. The summed E-state index contributed by atoms with van der Waals surface area (Å²) in [7, 11) is 0. The quantitative estimate of drug-likeness (QED) is 0.854. The second-order valence-electron chi connectivity index (χ2n) is 3.29. The first-order chi connectivity index (χ1) is 7.69. The number of halogens is 1. The molecule has 0 unspecified atom stereocenters. The lowest BCUT2D eigenvalue weighted by atomic mass is 10.3. The molecule has 1 heterocycles. The molecule has 1 amide bonds. The van der Waals surface area contributed by atoms with Crippen LogP contribution in [0.5, 0.6) is 0 Å². The average molecular weight is 242 g/mol. The van der Waals surface area contributed by atoms with E-state index in [0.717, 1.165) is 12.2 Å². The zero-order valence-corrected chi connectivity index (χ0v) is 10.3. The highest BCUT2D eigenvalue weighted by Crippen LogP contribution is 2.23. The van der Waals surface area contributed by atoms with E-state index in [1.54, 1.807) is 12.4 Å². The monoisotopic (exact) mass is 241 g/mol. The number of hydrogen-bond donors (Lipinski definition) is 1. The Bertz CT molecular complexity index is 357. The van der Waals surface area contributed by atoms with E-state index < -0.39 is 0 Å². The minimum atomic E-state index is -0.00257. The third-order valence-electron chi connectivity index (χ3n) is 2.18. The fourth-order valence-electron chi connectivity index (χ4n) is 1.42. The van der Waals surface area contributed by atoms with Crippen molar-refractivity contribution in [1.82, 2.24) is 10.3 Å². The van der Waals surface area contributed by atoms with E-state index in [1.165, 1.54) is 0 Å². The zero-order chi connectivity index (χ0) is 12.0. The van der Waals surface area contributed by atoms with Crippen molar-refractivity contribution in [2.45, 2.75) is 13.8 Å². The molecule has 0 saturated carbocycles. The van der Waals surface area contributed by atoms with Gasteiger partial charge in [-0.05, 0) is 19.9 Å². The molecule has 0 bridgehead atoms. The molecule has 0 atom stereocenters. The van der Waals surface area contributed by atoms with Crippen LogP contribution in [0.1, 0.15) is 13.8 Å². The van der Waals surface area contributed by atoms with Crippen molar-refractivity contribution in [2.75, 3.05) is 24.5 Å². The molecule has 0 radical (unpaired) electrons.